The van der Waals surface area contributed by atoms with Crippen LogP contribution in [0.25, 0.3) is 22.3 Å². The van der Waals surface area contributed by atoms with Gasteiger partial charge in [-0.05, 0) is 49.2 Å². The fourth-order valence-corrected chi connectivity index (χ4v) is 5.25. The maximum absolute atomic E-state index is 12.5. The first-order valence-corrected chi connectivity index (χ1v) is 17.5. The lowest BCUT2D eigenvalue weighted by atomic mass is 10.1. The van der Waals surface area contributed by atoms with Gasteiger partial charge in [-0.2, -0.15) is 0 Å². The summed E-state index contributed by atoms with van der Waals surface area (Å²) in [6.07, 6.45) is -1.55. The minimum absolute atomic E-state index is 0.0956. The van der Waals surface area contributed by atoms with Crippen molar-refractivity contribution in [1.82, 2.24) is 0 Å². The molecule has 5 aromatic carbocycles. The Kier molecular flexibility index (Phi) is 13.7. The number of halogens is 1. The van der Waals surface area contributed by atoms with Gasteiger partial charge in [0.1, 0.15) is 23.0 Å². The van der Waals surface area contributed by atoms with Gasteiger partial charge in [-0.25, -0.2) is 9.59 Å². The van der Waals surface area contributed by atoms with Crippen molar-refractivity contribution in [2.75, 3.05) is 13.2 Å². The molecular weight excluding hydrogens is 692 g/mol. The molecule has 0 saturated heterocycles. The highest BCUT2D eigenvalue weighted by Gasteiger charge is 2.21. The van der Waals surface area contributed by atoms with Crippen LogP contribution in [-0.2, 0) is 19.1 Å². The first-order valence-electron chi connectivity index (χ1n) is 17.1. The molecule has 0 aliphatic carbocycles. The number of para-hydroxylation sites is 2. The second kappa shape index (κ2) is 19.0. The molecule has 0 radical (unpaired) electrons. The van der Waals surface area contributed by atoms with E-state index in [1.807, 2.05) is 109 Å². The van der Waals surface area contributed by atoms with Gasteiger partial charge < -0.3 is 28.4 Å². The van der Waals surface area contributed by atoms with Crippen LogP contribution >= 0.6 is 11.6 Å². The van der Waals surface area contributed by atoms with Crippen LogP contribution in [0.3, 0.4) is 0 Å². The Morgan fingerprint density at radius 3 is 1.47 bits per heavy atom. The van der Waals surface area contributed by atoms with Crippen LogP contribution in [0.2, 0.25) is 5.02 Å². The van der Waals surface area contributed by atoms with Crippen LogP contribution in [0.5, 0.6) is 23.0 Å². The molecule has 0 fully saturated rings. The third kappa shape index (κ3) is 11.2. The molecule has 0 heterocycles. The molecule has 272 valence electrons. The molecule has 0 aliphatic heterocycles. The van der Waals surface area contributed by atoms with Crippen molar-refractivity contribution in [3.8, 4) is 45.3 Å². The number of ether oxygens (including phenoxy) is 6. The zero-order valence-electron chi connectivity index (χ0n) is 29.7. The quantitative estimate of drug-likeness (QED) is 0.0500. The summed E-state index contributed by atoms with van der Waals surface area (Å²) in [5, 5.41) is 0.359. The monoisotopic (exact) mass is 732 g/mol. The molecule has 53 heavy (non-hydrogen) atoms. The summed E-state index contributed by atoms with van der Waals surface area (Å²) in [7, 11) is 0. The summed E-state index contributed by atoms with van der Waals surface area (Å²) >= 11 is 6.49. The van der Waals surface area contributed by atoms with Crippen LogP contribution in [0.1, 0.15) is 26.7 Å². The summed E-state index contributed by atoms with van der Waals surface area (Å²) < 4.78 is 35.8. The average Bonchev–Trinajstić information content (AvgIpc) is 3.17. The van der Waals surface area contributed by atoms with Crippen LogP contribution < -0.4 is 18.9 Å². The van der Waals surface area contributed by atoms with E-state index in [2.05, 4.69) is 13.2 Å². The Morgan fingerprint density at radius 2 is 1.00 bits per heavy atom. The minimum atomic E-state index is -0.979. The van der Waals surface area contributed by atoms with E-state index in [-0.39, 0.29) is 37.2 Å². The second-order valence-corrected chi connectivity index (χ2v) is 12.5. The van der Waals surface area contributed by atoms with E-state index in [0.29, 0.717) is 28.0 Å². The van der Waals surface area contributed by atoms with Gasteiger partial charge in [-0.3, -0.25) is 0 Å². The Bertz CT molecular complexity index is 2010. The second-order valence-electron chi connectivity index (χ2n) is 12.1. The zero-order valence-corrected chi connectivity index (χ0v) is 30.4. The smallest absolute Gasteiger partial charge is 0.336 e. The molecule has 2 unspecified atom stereocenters. The molecule has 8 nitrogen and oxygen atoms in total. The Balaban J connectivity index is 1.23. The average molecular weight is 733 g/mol. The van der Waals surface area contributed by atoms with E-state index < -0.39 is 24.5 Å². The largest absolute Gasteiger partial charge is 0.493 e. The molecule has 0 spiro atoms. The Hall–Kier alpha value is -5.99. The van der Waals surface area contributed by atoms with Crippen LogP contribution in [-0.4, -0.2) is 37.7 Å². The number of esters is 2. The maximum Gasteiger partial charge on any atom is 0.336 e. The normalized spacial score (nSPS) is 11.8. The predicted octanol–water partition coefficient (Wildman–Crippen LogP) is 10.3. The molecule has 2 atom stereocenters. The molecule has 0 amide bonds. The highest BCUT2D eigenvalue weighted by atomic mass is 35.5. The number of rotatable bonds is 18. The molecule has 9 heteroatoms. The van der Waals surface area contributed by atoms with E-state index >= 15 is 0 Å². The summed E-state index contributed by atoms with van der Waals surface area (Å²) in [6, 6.07) is 39.6. The van der Waals surface area contributed by atoms with Crippen LogP contribution in [0, 0.1) is 0 Å². The van der Waals surface area contributed by atoms with Crippen molar-refractivity contribution >= 4 is 23.5 Å². The number of benzene rings is 5. The third-order valence-electron chi connectivity index (χ3n) is 7.77. The van der Waals surface area contributed by atoms with Gasteiger partial charge in [0.05, 0.1) is 31.1 Å². The van der Waals surface area contributed by atoms with E-state index in [9.17, 15) is 9.59 Å². The van der Waals surface area contributed by atoms with Crippen molar-refractivity contribution < 1.29 is 38.0 Å². The fraction of sp³-hybridized carbons (Fsp3) is 0.182. The van der Waals surface area contributed by atoms with Gasteiger partial charge in [0.15, 0.2) is 0 Å². The molecule has 5 rings (SSSR count). The molecular formula is C44H41ClO8. The summed E-state index contributed by atoms with van der Waals surface area (Å²) in [4.78, 5) is 25.1. The lowest BCUT2D eigenvalue weighted by molar-refractivity contribution is -0.161. The lowest BCUT2D eigenvalue weighted by Crippen LogP contribution is -2.27. The lowest BCUT2D eigenvalue weighted by Gasteiger charge is -2.22. The SMILES string of the molecule is C=C(C)C(=O)OC(CCOc1ccc(Cl)c(OCCC(OC(=O)C(=C)C)Oc2ccccc2-c2ccccc2)c1)Oc1ccccc1-c1ccccc1. The molecule has 0 aliphatic rings. The van der Waals surface area contributed by atoms with E-state index in [0.717, 1.165) is 22.3 Å². The van der Waals surface area contributed by atoms with Gasteiger partial charge in [-0.15, -0.1) is 0 Å². The standard InChI is InChI=1S/C44H41ClO8/c1-30(2)43(46)52-41(50-38-21-13-11-19-35(38)32-15-7-5-8-16-32)25-27-48-34-23-24-37(45)40(29-34)49-28-26-42(53-44(47)31(3)4)51-39-22-14-12-20-36(39)33-17-9-6-10-18-33/h5-24,29,41-42H,1,3,25-28H2,2,4H3. The first-order chi connectivity index (χ1) is 25.7. The summed E-state index contributed by atoms with van der Waals surface area (Å²) in [5.74, 6) is 0.774. The number of hydrogen-bond acceptors (Lipinski definition) is 8. The van der Waals surface area contributed by atoms with E-state index in [1.54, 1.807) is 32.0 Å². The van der Waals surface area contributed by atoms with Gasteiger partial charge in [-0.1, -0.05) is 122 Å². The molecule has 0 saturated carbocycles. The number of carbonyl (C=O) groups excluding carboxylic acids is 2. The molecule has 0 aromatic heterocycles. The molecule has 0 bridgehead atoms. The Morgan fingerprint density at radius 1 is 0.566 bits per heavy atom. The predicted molar refractivity (Wildman–Crippen MR) is 206 cm³/mol. The van der Waals surface area contributed by atoms with Crippen molar-refractivity contribution in [1.29, 1.82) is 0 Å². The van der Waals surface area contributed by atoms with E-state index in [4.69, 9.17) is 40.0 Å². The number of hydrogen-bond donors (Lipinski definition) is 0. The van der Waals surface area contributed by atoms with Gasteiger partial charge >= 0.3 is 11.9 Å². The van der Waals surface area contributed by atoms with Crippen LogP contribution in [0.4, 0.5) is 0 Å². The maximum atomic E-state index is 12.5. The van der Waals surface area contributed by atoms with Crippen molar-refractivity contribution in [3.63, 3.8) is 0 Å². The first kappa shape index (κ1) is 38.2. The topological polar surface area (TPSA) is 89.5 Å². The minimum Gasteiger partial charge on any atom is -0.493 e. The Labute approximate surface area is 315 Å². The molecule has 5 aromatic rings. The van der Waals surface area contributed by atoms with Gasteiger partial charge in [0.2, 0.25) is 12.6 Å². The van der Waals surface area contributed by atoms with Crippen molar-refractivity contribution in [3.05, 3.63) is 157 Å². The number of carbonyl (C=O) groups is 2. The van der Waals surface area contributed by atoms with E-state index in [1.165, 1.54) is 0 Å². The zero-order chi connectivity index (χ0) is 37.6. The summed E-state index contributed by atoms with van der Waals surface area (Å²) in [6.45, 7) is 10.8. The highest BCUT2D eigenvalue weighted by Crippen LogP contribution is 2.33. The van der Waals surface area contributed by atoms with Crippen LogP contribution in [0.15, 0.2) is 152 Å². The van der Waals surface area contributed by atoms with Crippen molar-refractivity contribution in [2.45, 2.75) is 39.3 Å². The van der Waals surface area contributed by atoms with Gasteiger partial charge in [0.25, 0.3) is 0 Å². The molecule has 0 N–H and O–H groups in total. The third-order valence-corrected chi connectivity index (χ3v) is 8.08. The fourth-order valence-electron chi connectivity index (χ4n) is 5.08. The van der Waals surface area contributed by atoms with Crippen molar-refractivity contribution in [2.24, 2.45) is 0 Å². The summed E-state index contributed by atoms with van der Waals surface area (Å²) in [5.41, 5.74) is 4.11. The van der Waals surface area contributed by atoms with Gasteiger partial charge in [0, 0.05) is 28.3 Å². The highest BCUT2D eigenvalue weighted by molar-refractivity contribution is 6.32.